The zero-order valence-electron chi connectivity index (χ0n) is 9.21. The van der Waals surface area contributed by atoms with E-state index in [1.165, 1.54) is 32.1 Å². The first kappa shape index (κ1) is 10.2. The highest BCUT2D eigenvalue weighted by Gasteiger charge is 2.38. The highest BCUT2D eigenvalue weighted by Crippen LogP contribution is 2.44. The summed E-state index contributed by atoms with van der Waals surface area (Å²) in [5, 5.41) is 10.3. The smallest absolute Gasteiger partial charge is 0.0830 e. The molecule has 0 aromatic carbocycles. The van der Waals surface area contributed by atoms with E-state index in [1.54, 1.807) is 0 Å². The van der Waals surface area contributed by atoms with Crippen molar-refractivity contribution < 1.29 is 5.11 Å². The van der Waals surface area contributed by atoms with E-state index in [4.69, 9.17) is 0 Å². The van der Waals surface area contributed by atoms with E-state index >= 15 is 0 Å². The van der Waals surface area contributed by atoms with E-state index in [2.05, 4.69) is 0 Å². The molecular weight excluding hydrogens is 172 g/mol. The molecule has 3 unspecified atom stereocenters. The average molecular weight is 194 g/mol. The molecule has 1 N–H and O–H groups in total. The van der Waals surface area contributed by atoms with Crippen molar-refractivity contribution in [1.82, 2.24) is 0 Å². The molecule has 0 aromatic heterocycles. The lowest BCUT2D eigenvalue weighted by atomic mass is 9.66. The fourth-order valence-corrected chi connectivity index (χ4v) is 3.39. The van der Waals surface area contributed by atoms with Crippen LogP contribution in [0.15, 0.2) is 12.2 Å². The fourth-order valence-electron chi connectivity index (χ4n) is 3.39. The number of hydrogen-bond acceptors (Lipinski definition) is 1. The minimum Gasteiger partial charge on any atom is -0.386 e. The summed E-state index contributed by atoms with van der Waals surface area (Å²) in [6, 6.07) is 0. The molecule has 2 rings (SSSR count). The fraction of sp³-hybridized carbons (Fsp3) is 0.846. The molecule has 0 heterocycles. The van der Waals surface area contributed by atoms with Crippen LogP contribution >= 0.6 is 0 Å². The zero-order valence-corrected chi connectivity index (χ0v) is 9.21. The molecule has 3 atom stereocenters. The van der Waals surface area contributed by atoms with Gasteiger partial charge in [-0.05, 0) is 38.0 Å². The van der Waals surface area contributed by atoms with Crippen molar-refractivity contribution in [2.75, 3.05) is 0 Å². The molecule has 0 spiro atoms. The average Bonchev–Trinajstić information content (AvgIpc) is 2.17. The summed E-state index contributed by atoms with van der Waals surface area (Å²) >= 11 is 0. The molecule has 0 aliphatic heterocycles. The predicted octanol–water partition coefficient (Wildman–Crippen LogP) is 3.28. The molecule has 2 saturated carbocycles. The zero-order chi connectivity index (χ0) is 10.0. The molecule has 80 valence electrons. The third-order valence-electron chi connectivity index (χ3n) is 4.11. The van der Waals surface area contributed by atoms with E-state index in [9.17, 15) is 5.11 Å². The highest BCUT2D eigenvalue weighted by atomic mass is 16.3. The molecule has 2 fully saturated rings. The second kappa shape index (κ2) is 4.06. The Labute approximate surface area is 87.2 Å². The first-order valence-corrected chi connectivity index (χ1v) is 6.10. The first-order valence-electron chi connectivity index (χ1n) is 6.10. The number of allylic oxidation sites excluding steroid dienone is 1. The molecule has 0 bridgehead atoms. The Balaban J connectivity index is 2.01. The largest absolute Gasteiger partial charge is 0.386 e. The lowest BCUT2D eigenvalue weighted by Crippen LogP contribution is -2.38. The minimum atomic E-state index is -0.465. The molecule has 0 aromatic rings. The Morgan fingerprint density at radius 2 is 1.86 bits per heavy atom. The Morgan fingerprint density at radius 1 is 1.14 bits per heavy atom. The summed E-state index contributed by atoms with van der Waals surface area (Å²) in [7, 11) is 0. The van der Waals surface area contributed by atoms with Gasteiger partial charge in [-0.2, -0.15) is 0 Å². The first-order chi connectivity index (χ1) is 6.73. The van der Waals surface area contributed by atoms with Gasteiger partial charge in [0.05, 0.1) is 5.60 Å². The molecule has 0 amide bonds. The van der Waals surface area contributed by atoms with Gasteiger partial charge in [0.1, 0.15) is 0 Å². The van der Waals surface area contributed by atoms with Gasteiger partial charge in [-0.15, -0.1) is 0 Å². The van der Waals surface area contributed by atoms with Crippen LogP contribution in [0.3, 0.4) is 0 Å². The number of rotatable bonds is 1. The van der Waals surface area contributed by atoms with Gasteiger partial charge in [0.2, 0.25) is 0 Å². The minimum absolute atomic E-state index is 0.465. The normalized spacial score (nSPS) is 43.9. The van der Waals surface area contributed by atoms with Crippen LogP contribution in [0.25, 0.3) is 0 Å². The SMILES string of the molecule is C/C=C\C1(O)CCC2CCCCC2C1. The van der Waals surface area contributed by atoms with Crippen molar-refractivity contribution in [3.63, 3.8) is 0 Å². The third kappa shape index (κ3) is 2.03. The second-order valence-electron chi connectivity index (χ2n) is 5.15. The van der Waals surface area contributed by atoms with Gasteiger partial charge >= 0.3 is 0 Å². The van der Waals surface area contributed by atoms with Gasteiger partial charge in [-0.3, -0.25) is 0 Å². The Kier molecular flexibility index (Phi) is 2.96. The van der Waals surface area contributed by atoms with Crippen molar-refractivity contribution in [3.05, 3.63) is 12.2 Å². The molecule has 1 nitrogen and oxygen atoms in total. The van der Waals surface area contributed by atoms with Gasteiger partial charge in [0.15, 0.2) is 0 Å². The highest BCUT2D eigenvalue weighted by molar-refractivity contribution is 5.04. The Morgan fingerprint density at radius 3 is 2.57 bits per heavy atom. The van der Waals surface area contributed by atoms with Crippen LogP contribution in [0, 0.1) is 11.8 Å². The molecule has 0 radical (unpaired) electrons. The summed E-state index contributed by atoms with van der Waals surface area (Å²) < 4.78 is 0. The van der Waals surface area contributed by atoms with E-state index < -0.39 is 5.60 Å². The topological polar surface area (TPSA) is 20.2 Å². The number of hydrogen-bond donors (Lipinski definition) is 1. The van der Waals surface area contributed by atoms with Crippen molar-refractivity contribution in [2.24, 2.45) is 11.8 Å². The van der Waals surface area contributed by atoms with E-state index in [1.807, 2.05) is 19.1 Å². The van der Waals surface area contributed by atoms with Crippen LogP contribution < -0.4 is 0 Å². The number of aliphatic hydroxyl groups is 1. The maximum Gasteiger partial charge on any atom is 0.0830 e. The van der Waals surface area contributed by atoms with Crippen LogP contribution in [0.2, 0.25) is 0 Å². The maximum absolute atomic E-state index is 10.3. The number of fused-ring (bicyclic) bond motifs is 1. The quantitative estimate of drug-likeness (QED) is 0.635. The summed E-state index contributed by atoms with van der Waals surface area (Å²) in [6.07, 6.45) is 12.8. The standard InChI is InChI=1S/C13H22O/c1-2-8-13(14)9-7-11-5-3-4-6-12(11)10-13/h2,8,11-12,14H,3-7,9-10H2,1H3/b8-2-. The van der Waals surface area contributed by atoms with Gasteiger partial charge in [0.25, 0.3) is 0 Å². The van der Waals surface area contributed by atoms with Gasteiger partial charge < -0.3 is 5.11 Å². The molecule has 1 heteroatoms. The second-order valence-corrected chi connectivity index (χ2v) is 5.15. The van der Waals surface area contributed by atoms with Crippen LogP contribution in [0.5, 0.6) is 0 Å². The van der Waals surface area contributed by atoms with Gasteiger partial charge in [-0.25, -0.2) is 0 Å². The van der Waals surface area contributed by atoms with Crippen molar-refractivity contribution in [2.45, 2.75) is 57.5 Å². The third-order valence-corrected chi connectivity index (χ3v) is 4.11. The van der Waals surface area contributed by atoms with Crippen LogP contribution in [0.1, 0.15) is 51.9 Å². The summed E-state index contributed by atoms with van der Waals surface area (Å²) in [4.78, 5) is 0. The lowest BCUT2D eigenvalue weighted by Gasteiger charge is -2.42. The monoisotopic (exact) mass is 194 g/mol. The molecule has 14 heavy (non-hydrogen) atoms. The predicted molar refractivity (Wildman–Crippen MR) is 59.1 cm³/mol. The van der Waals surface area contributed by atoms with Crippen molar-refractivity contribution in [1.29, 1.82) is 0 Å². The Hall–Kier alpha value is -0.300. The lowest BCUT2D eigenvalue weighted by molar-refractivity contribution is -0.00839. The van der Waals surface area contributed by atoms with Gasteiger partial charge in [-0.1, -0.05) is 37.8 Å². The van der Waals surface area contributed by atoms with Crippen molar-refractivity contribution in [3.8, 4) is 0 Å². The van der Waals surface area contributed by atoms with E-state index in [-0.39, 0.29) is 0 Å². The Bertz CT molecular complexity index is 221. The molecule has 2 aliphatic carbocycles. The maximum atomic E-state index is 10.3. The van der Waals surface area contributed by atoms with E-state index in [0.29, 0.717) is 0 Å². The van der Waals surface area contributed by atoms with Crippen LogP contribution in [0.4, 0.5) is 0 Å². The molecular formula is C13H22O. The van der Waals surface area contributed by atoms with Gasteiger partial charge in [0, 0.05) is 0 Å². The summed E-state index contributed by atoms with van der Waals surface area (Å²) in [5.74, 6) is 1.73. The van der Waals surface area contributed by atoms with Crippen LogP contribution in [-0.2, 0) is 0 Å². The molecule has 0 saturated heterocycles. The van der Waals surface area contributed by atoms with E-state index in [0.717, 1.165) is 24.7 Å². The van der Waals surface area contributed by atoms with Crippen molar-refractivity contribution >= 4 is 0 Å². The summed E-state index contributed by atoms with van der Waals surface area (Å²) in [5.41, 5.74) is -0.465. The van der Waals surface area contributed by atoms with Crippen LogP contribution in [-0.4, -0.2) is 10.7 Å². The summed E-state index contributed by atoms with van der Waals surface area (Å²) in [6.45, 7) is 2.00. The molecule has 2 aliphatic rings.